The van der Waals surface area contributed by atoms with E-state index in [1.807, 2.05) is 6.07 Å². The van der Waals surface area contributed by atoms with Crippen LogP contribution in [0.4, 0.5) is 4.39 Å². The topological polar surface area (TPSA) is 0 Å². The molecular weight excluding hydrogens is 254 g/mol. The molecule has 15 heavy (non-hydrogen) atoms. The fourth-order valence-electron chi connectivity index (χ4n) is 2.11. The molecule has 0 bridgehead atoms. The normalized spacial score (nSPS) is 31.5. The maximum absolute atomic E-state index is 14.2. The van der Waals surface area contributed by atoms with E-state index in [1.165, 1.54) is 10.9 Å². The first-order chi connectivity index (χ1) is 7.18. The summed E-state index contributed by atoms with van der Waals surface area (Å²) in [5, 5.41) is 0. The Kier molecular flexibility index (Phi) is 3.48. The molecule has 1 fully saturated rings. The molecule has 0 aliphatic heterocycles. The molecule has 1 aliphatic carbocycles. The summed E-state index contributed by atoms with van der Waals surface area (Å²) >= 11 is 0.297. The van der Waals surface area contributed by atoms with Gasteiger partial charge in [-0.25, -0.2) is 0 Å². The van der Waals surface area contributed by atoms with E-state index in [4.69, 9.17) is 0 Å². The van der Waals surface area contributed by atoms with Gasteiger partial charge in [-0.1, -0.05) is 0 Å². The summed E-state index contributed by atoms with van der Waals surface area (Å²) in [6, 6.07) is 10.4. The van der Waals surface area contributed by atoms with Gasteiger partial charge in [0, 0.05) is 0 Å². The molecule has 2 rings (SSSR count). The molecule has 1 saturated carbocycles. The van der Waals surface area contributed by atoms with E-state index >= 15 is 0 Å². The number of rotatable bonds is 2. The van der Waals surface area contributed by atoms with Gasteiger partial charge in [-0.05, 0) is 0 Å². The van der Waals surface area contributed by atoms with Gasteiger partial charge in [0.1, 0.15) is 0 Å². The molecule has 1 aromatic rings. The van der Waals surface area contributed by atoms with Crippen LogP contribution in [0.25, 0.3) is 0 Å². The Bertz CT molecular complexity index is 308. The SMILES string of the molecule is C[C@@]1(F)CCCC[C@H]1[Se]c1ccccc1. The number of hydrogen-bond donors (Lipinski definition) is 0. The van der Waals surface area contributed by atoms with Crippen LogP contribution in [-0.4, -0.2) is 20.6 Å². The number of hydrogen-bond acceptors (Lipinski definition) is 0. The van der Waals surface area contributed by atoms with Crippen LogP contribution in [0.5, 0.6) is 0 Å². The van der Waals surface area contributed by atoms with E-state index < -0.39 is 5.67 Å². The first-order valence-electron chi connectivity index (χ1n) is 5.59. The van der Waals surface area contributed by atoms with E-state index in [9.17, 15) is 4.39 Å². The van der Waals surface area contributed by atoms with Crippen LogP contribution in [0.15, 0.2) is 30.3 Å². The zero-order valence-corrected chi connectivity index (χ0v) is 10.8. The molecule has 0 nitrogen and oxygen atoms in total. The van der Waals surface area contributed by atoms with Gasteiger partial charge >= 0.3 is 97.2 Å². The Balaban J connectivity index is 2.05. The van der Waals surface area contributed by atoms with E-state index in [0.29, 0.717) is 15.0 Å². The van der Waals surface area contributed by atoms with Crippen molar-refractivity contribution in [3.63, 3.8) is 0 Å². The van der Waals surface area contributed by atoms with Gasteiger partial charge in [-0.2, -0.15) is 0 Å². The summed E-state index contributed by atoms with van der Waals surface area (Å²) in [7, 11) is 0. The Hall–Kier alpha value is -0.331. The van der Waals surface area contributed by atoms with Crippen molar-refractivity contribution in [3.05, 3.63) is 30.3 Å². The average molecular weight is 271 g/mol. The molecule has 0 heterocycles. The zero-order chi connectivity index (χ0) is 10.7. The molecule has 0 unspecified atom stereocenters. The summed E-state index contributed by atoms with van der Waals surface area (Å²) in [5.74, 6) is 0. The van der Waals surface area contributed by atoms with Gasteiger partial charge < -0.3 is 0 Å². The maximum atomic E-state index is 14.2. The second-order valence-electron chi connectivity index (χ2n) is 4.44. The summed E-state index contributed by atoms with van der Waals surface area (Å²) in [6.45, 7) is 1.79. The van der Waals surface area contributed by atoms with E-state index in [2.05, 4.69) is 24.3 Å². The molecule has 0 N–H and O–H groups in total. The third-order valence-electron chi connectivity index (χ3n) is 3.07. The van der Waals surface area contributed by atoms with Crippen molar-refractivity contribution in [2.75, 3.05) is 0 Å². The predicted octanol–water partition coefficient (Wildman–Crippen LogP) is 3.11. The molecule has 1 aliphatic rings. The molecule has 82 valence electrons. The van der Waals surface area contributed by atoms with Crippen LogP contribution >= 0.6 is 0 Å². The molecule has 2 atom stereocenters. The van der Waals surface area contributed by atoms with Crippen LogP contribution in [0.1, 0.15) is 32.6 Å². The quantitative estimate of drug-likeness (QED) is 0.725. The predicted molar refractivity (Wildman–Crippen MR) is 63.6 cm³/mol. The molecule has 2 heteroatoms. The Labute approximate surface area is 97.4 Å². The fourth-order valence-corrected chi connectivity index (χ4v) is 4.82. The van der Waals surface area contributed by atoms with Gasteiger partial charge in [0.25, 0.3) is 0 Å². The summed E-state index contributed by atoms with van der Waals surface area (Å²) in [5.41, 5.74) is -0.923. The van der Waals surface area contributed by atoms with Crippen molar-refractivity contribution in [1.29, 1.82) is 0 Å². The summed E-state index contributed by atoms with van der Waals surface area (Å²) in [6.07, 6.45) is 4.10. The van der Waals surface area contributed by atoms with Crippen molar-refractivity contribution >= 4 is 19.4 Å². The Morgan fingerprint density at radius 3 is 2.67 bits per heavy atom. The van der Waals surface area contributed by atoms with E-state index in [-0.39, 0.29) is 4.82 Å². The van der Waals surface area contributed by atoms with Crippen LogP contribution in [0, 0.1) is 0 Å². The second-order valence-corrected chi connectivity index (χ2v) is 7.12. The molecule has 0 radical (unpaired) electrons. The third kappa shape index (κ3) is 2.83. The van der Waals surface area contributed by atoms with Crippen LogP contribution in [0.2, 0.25) is 4.82 Å². The van der Waals surface area contributed by atoms with Crippen molar-refractivity contribution in [2.24, 2.45) is 0 Å². The third-order valence-corrected chi connectivity index (χ3v) is 6.34. The van der Waals surface area contributed by atoms with E-state index in [1.54, 1.807) is 6.92 Å². The van der Waals surface area contributed by atoms with Crippen LogP contribution in [-0.2, 0) is 0 Å². The molecule has 0 saturated heterocycles. The van der Waals surface area contributed by atoms with Gasteiger partial charge in [0.05, 0.1) is 0 Å². The second kappa shape index (κ2) is 4.67. The molecular formula is C13H17FSe. The molecule has 0 aromatic heterocycles. The van der Waals surface area contributed by atoms with Gasteiger partial charge in [0.15, 0.2) is 0 Å². The Morgan fingerprint density at radius 2 is 2.00 bits per heavy atom. The molecule has 1 aromatic carbocycles. The average Bonchev–Trinajstić information content (AvgIpc) is 2.23. The summed E-state index contributed by atoms with van der Waals surface area (Å²) in [4.78, 5) is 0.279. The monoisotopic (exact) mass is 272 g/mol. The molecule has 0 spiro atoms. The van der Waals surface area contributed by atoms with E-state index in [0.717, 1.165) is 19.3 Å². The Morgan fingerprint density at radius 1 is 1.27 bits per heavy atom. The standard InChI is InChI=1S/C13H17FSe/c1-13(14)10-6-5-9-12(13)15-11-7-3-2-4-8-11/h2-4,7-8,12H,5-6,9-10H2,1H3/t12-,13-/m1/s1. The fraction of sp³-hybridized carbons (Fsp3) is 0.538. The number of halogens is 1. The van der Waals surface area contributed by atoms with Crippen molar-refractivity contribution in [3.8, 4) is 0 Å². The van der Waals surface area contributed by atoms with Gasteiger partial charge in [0.2, 0.25) is 0 Å². The van der Waals surface area contributed by atoms with Crippen molar-refractivity contribution < 1.29 is 4.39 Å². The van der Waals surface area contributed by atoms with Crippen LogP contribution < -0.4 is 4.46 Å². The first kappa shape index (κ1) is 11.2. The minimum atomic E-state index is -0.923. The van der Waals surface area contributed by atoms with Crippen LogP contribution in [0.3, 0.4) is 0 Å². The van der Waals surface area contributed by atoms with Gasteiger partial charge in [-0.3, -0.25) is 0 Å². The zero-order valence-electron chi connectivity index (χ0n) is 9.08. The summed E-state index contributed by atoms with van der Waals surface area (Å²) < 4.78 is 15.6. The van der Waals surface area contributed by atoms with Crippen molar-refractivity contribution in [2.45, 2.75) is 43.1 Å². The number of benzene rings is 1. The number of alkyl halides is 1. The molecule has 0 amide bonds. The minimum absolute atomic E-state index is 0.279. The van der Waals surface area contributed by atoms with Crippen molar-refractivity contribution in [1.82, 2.24) is 0 Å². The first-order valence-corrected chi connectivity index (χ1v) is 7.44. The van der Waals surface area contributed by atoms with Gasteiger partial charge in [-0.15, -0.1) is 0 Å².